The molecule has 0 N–H and O–H groups in total. The molecular formula is C19H13BrFN5S. The molecule has 0 unspecified atom stereocenters. The van der Waals surface area contributed by atoms with Crippen molar-refractivity contribution < 1.29 is 4.39 Å². The molecule has 0 aliphatic heterocycles. The molecule has 2 aromatic heterocycles. The largest absolute Gasteiger partial charge is 0.303 e. The van der Waals surface area contributed by atoms with Crippen molar-refractivity contribution in [1.82, 2.24) is 20.4 Å². The second-order valence-corrected chi connectivity index (χ2v) is 7.61. The van der Waals surface area contributed by atoms with Gasteiger partial charge in [0.1, 0.15) is 10.8 Å². The first-order valence-electron chi connectivity index (χ1n) is 8.03. The minimum Gasteiger partial charge on any atom is -0.303 e. The number of benzene rings is 2. The molecule has 2 heterocycles. The molecule has 27 heavy (non-hydrogen) atoms. The summed E-state index contributed by atoms with van der Waals surface area (Å²) < 4.78 is 14.1. The highest BCUT2D eigenvalue weighted by Crippen LogP contribution is 2.31. The Morgan fingerprint density at radius 1 is 0.815 bits per heavy atom. The van der Waals surface area contributed by atoms with Crippen LogP contribution in [0.4, 0.5) is 15.3 Å². The summed E-state index contributed by atoms with van der Waals surface area (Å²) in [6.07, 6.45) is 0. The molecule has 4 aromatic rings. The van der Waals surface area contributed by atoms with Crippen molar-refractivity contribution in [2.75, 3.05) is 11.9 Å². The zero-order chi connectivity index (χ0) is 18.8. The molecule has 0 aliphatic carbocycles. The third-order valence-electron chi connectivity index (χ3n) is 3.93. The first-order chi connectivity index (χ1) is 13.1. The summed E-state index contributed by atoms with van der Waals surface area (Å²) >= 11 is 4.90. The number of anilines is 2. The number of rotatable bonds is 4. The van der Waals surface area contributed by atoms with Crippen LogP contribution >= 0.6 is 27.3 Å². The maximum Gasteiger partial charge on any atom is 0.214 e. The number of nitrogens with zero attached hydrogens (tertiary/aromatic N) is 5. The van der Waals surface area contributed by atoms with Crippen molar-refractivity contribution in [2.24, 2.45) is 0 Å². The average Bonchev–Trinajstić information content (AvgIpc) is 3.19. The first kappa shape index (κ1) is 17.7. The van der Waals surface area contributed by atoms with Gasteiger partial charge < -0.3 is 4.90 Å². The number of hydrogen-bond acceptors (Lipinski definition) is 6. The van der Waals surface area contributed by atoms with Crippen LogP contribution in [0.5, 0.6) is 0 Å². The molecule has 0 bridgehead atoms. The minimum atomic E-state index is -0.277. The smallest absolute Gasteiger partial charge is 0.214 e. The molecule has 134 valence electrons. The quantitative estimate of drug-likeness (QED) is 0.428. The van der Waals surface area contributed by atoms with Gasteiger partial charge in [0.15, 0.2) is 5.82 Å². The maximum absolute atomic E-state index is 13.0. The van der Waals surface area contributed by atoms with E-state index in [2.05, 4.69) is 36.3 Å². The average molecular weight is 442 g/mol. The lowest BCUT2D eigenvalue weighted by molar-refractivity contribution is 0.628. The van der Waals surface area contributed by atoms with E-state index in [-0.39, 0.29) is 5.82 Å². The predicted molar refractivity (Wildman–Crippen MR) is 109 cm³/mol. The molecule has 0 aliphatic rings. The lowest BCUT2D eigenvalue weighted by Crippen LogP contribution is -2.11. The van der Waals surface area contributed by atoms with Crippen molar-refractivity contribution in [2.45, 2.75) is 0 Å². The van der Waals surface area contributed by atoms with Gasteiger partial charge in [0.2, 0.25) is 5.13 Å². The fraction of sp³-hybridized carbons (Fsp3) is 0.0526. The summed E-state index contributed by atoms with van der Waals surface area (Å²) in [5.74, 6) is 0.375. The molecule has 0 saturated carbocycles. The van der Waals surface area contributed by atoms with E-state index in [0.29, 0.717) is 11.5 Å². The van der Waals surface area contributed by atoms with Crippen molar-refractivity contribution in [3.05, 3.63) is 71.0 Å². The van der Waals surface area contributed by atoms with Crippen LogP contribution in [0, 0.1) is 5.82 Å². The Morgan fingerprint density at radius 2 is 1.52 bits per heavy atom. The van der Waals surface area contributed by atoms with Gasteiger partial charge >= 0.3 is 0 Å². The van der Waals surface area contributed by atoms with Gasteiger partial charge in [-0.25, -0.2) is 4.39 Å². The van der Waals surface area contributed by atoms with Crippen LogP contribution in [-0.2, 0) is 0 Å². The molecular weight excluding hydrogens is 429 g/mol. The molecule has 8 heteroatoms. The third-order valence-corrected chi connectivity index (χ3v) is 5.50. The van der Waals surface area contributed by atoms with Crippen molar-refractivity contribution in [3.8, 4) is 21.8 Å². The Balaban J connectivity index is 1.55. The molecule has 0 atom stereocenters. The monoisotopic (exact) mass is 441 g/mol. The summed E-state index contributed by atoms with van der Waals surface area (Å²) in [7, 11) is 1.87. The fourth-order valence-electron chi connectivity index (χ4n) is 2.44. The topological polar surface area (TPSA) is 54.8 Å². The van der Waals surface area contributed by atoms with Crippen LogP contribution in [0.2, 0.25) is 0 Å². The molecule has 0 saturated heterocycles. The van der Waals surface area contributed by atoms with Crippen LogP contribution in [0.3, 0.4) is 0 Å². The van der Waals surface area contributed by atoms with Gasteiger partial charge in [-0.3, -0.25) is 0 Å². The maximum atomic E-state index is 13.0. The van der Waals surface area contributed by atoms with Crippen molar-refractivity contribution in [1.29, 1.82) is 0 Å². The number of hydrogen-bond donors (Lipinski definition) is 0. The zero-order valence-corrected chi connectivity index (χ0v) is 16.6. The summed E-state index contributed by atoms with van der Waals surface area (Å²) in [5, 5.41) is 18.6. The Morgan fingerprint density at radius 3 is 2.19 bits per heavy atom. The summed E-state index contributed by atoms with van der Waals surface area (Å²) in [6.45, 7) is 0. The highest BCUT2D eigenvalue weighted by Gasteiger charge is 2.14. The number of aromatic nitrogens is 4. The van der Waals surface area contributed by atoms with Crippen molar-refractivity contribution >= 4 is 38.2 Å². The molecule has 2 aromatic carbocycles. The standard InChI is InChI=1S/C19H13BrFN5S/c1-26(19-25-24-18(27-19)13-2-6-14(20)7-3-13)17-11-10-16(22-23-17)12-4-8-15(21)9-5-12/h2-11H,1H3. The molecule has 0 spiro atoms. The lowest BCUT2D eigenvalue weighted by Gasteiger charge is -2.13. The van der Waals surface area contributed by atoms with Crippen LogP contribution in [-0.4, -0.2) is 27.4 Å². The van der Waals surface area contributed by atoms with E-state index < -0.39 is 0 Å². The molecule has 0 fully saturated rings. The molecule has 0 amide bonds. The summed E-state index contributed by atoms with van der Waals surface area (Å²) in [4.78, 5) is 1.83. The summed E-state index contributed by atoms with van der Waals surface area (Å²) in [5.41, 5.74) is 2.50. The van der Waals surface area contributed by atoms with E-state index >= 15 is 0 Å². The van der Waals surface area contributed by atoms with E-state index in [0.717, 1.165) is 25.7 Å². The Kier molecular flexibility index (Phi) is 4.91. The molecule has 0 radical (unpaired) electrons. The van der Waals surface area contributed by atoms with Crippen LogP contribution < -0.4 is 4.90 Å². The van der Waals surface area contributed by atoms with Crippen LogP contribution in [0.25, 0.3) is 21.8 Å². The fourth-order valence-corrected chi connectivity index (χ4v) is 3.52. The highest BCUT2D eigenvalue weighted by atomic mass is 79.9. The first-order valence-corrected chi connectivity index (χ1v) is 9.64. The van der Waals surface area contributed by atoms with Gasteiger partial charge in [-0.2, -0.15) is 0 Å². The lowest BCUT2D eigenvalue weighted by atomic mass is 10.1. The van der Waals surface area contributed by atoms with Crippen LogP contribution in [0.1, 0.15) is 0 Å². The second-order valence-electron chi connectivity index (χ2n) is 5.74. The van der Waals surface area contributed by atoms with Gasteiger partial charge in [0.25, 0.3) is 0 Å². The van der Waals surface area contributed by atoms with Gasteiger partial charge in [0, 0.05) is 22.6 Å². The highest BCUT2D eigenvalue weighted by molar-refractivity contribution is 9.10. The van der Waals surface area contributed by atoms with E-state index in [1.54, 1.807) is 12.1 Å². The SMILES string of the molecule is CN(c1ccc(-c2ccc(F)cc2)nn1)c1nnc(-c2ccc(Br)cc2)s1. The Hall–Kier alpha value is -2.71. The van der Waals surface area contributed by atoms with E-state index in [1.165, 1.54) is 23.5 Å². The third kappa shape index (κ3) is 3.86. The number of halogens is 2. The zero-order valence-electron chi connectivity index (χ0n) is 14.2. The Bertz CT molecular complexity index is 1050. The molecule has 4 rings (SSSR count). The second kappa shape index (κ2) is 7.50. The van der Waals surface area contributed by atoms with Gasteiger partial charge in [-0.15, -0.1) is 20.4 Å². The minimum absolute atomic E-state index is 0.277. The molecule has 5 nitrogen and oxygen atoms in total. The summed E-state index contributed by atoms with van der Waals surface area (Å²) in [6, 6.07) is 17.8. The predicted octanol–water partition coefficient (Wildman–Crippen LogP) is 5.33. The Labute approximate surface area is 167 Å². The van der Waals surface area contributed by atoms with E-state index in [9.17, 15) is 4.39 Å². The van der Waals surface area contributed by atoms with Gasteiger partial charge in [0.05, 0.1) is 5.69 Å². The van der Waals surface area contributed by atoms with E-state index in [4.69, 9.17) is 0 Å². The van der Waals surface area contributed by atoms with Crippen molar-refractivity contribution in [3.63, 3.8) is 0 Å². The van der Waals surface area contributed by atoms with Gasteiger partial charge in [-0.1, -0.05) is 39.4 Å². The van der Waals surface area contributed by atoms with Crippen LogP contribution in [0.15, 0.2) is 65.1 Å². The van der Waals surface area contributed by atoms with E-state index in [1.807, 2.05) is 48.3 Å². The van der Waals surface area contributed by atoms with Gasteiger partial charge in [-0.05, 0) is 48.5 Å². The normalized spacial score (nSPS) is 10.8.